The summed E-state index contributed by atoms with van der Waals surface area (Å²) in [5.41, 5.74) is -7.16. The van der Waals surface area contributed by atoms with Gasteiger partial charge >= 0.3 is 0 Å². The molecule has 0 amide bonds. The van der Waals surface area contributed by atoms with Crippen LogP contribution in [0.25, 0.3) is 11.5 Å². The maximum atomic E-state index is 14.6. The molecule has 2 aromatic carbocycles. The number of aliphatic hydroxyl groups is 4. The summed E-state index contributed by atoms with van der Waals surface area (Å²) in [4.78, 5) is 58.2. The number of ketones is 4. The fourth-order valence-corrected chi connectivity index (χ4v) is 9.41. The van der Waals surface area contributed by atoms with Crippen molar-refractivity contribution >= 4 is 34.7 Å². The van der Waals surface area contributed by atoms with Gasteiger partial charge in [0.05, 0.1) is 71.4 Å². The quantitative estimate of drug-likeness (QED) is 0.298. The van der Waals surface area contributed by atoms with Crippen LogP contribution < -0.4 is 9.47 Å². The van der Waals surface area contributed by atoms with Crippen molar-refractivity contribution in [2.24, 2.45) is 34.5 Å². The third-order valence-electron chi connectivity index (χ3n) is 10.6. The highest BCUT2D eigenvalue weighted by Crippen LogP contribution is 2.80. The Morgan fingerprint density at radius 3 is 1.31 bits per heavy atom. The molecule has 0 aromatic heterocycles. The van der Waals surface area contributed by atoms with Gasteiger partial charge in [-0.25, -0.2) is 0 Å². The number of rotatable bonds is 2. The Kier molecular flexibility index (Phi) is 4.30. The average Bonchev–Trinajstić information content (AvgIpc) is 3.31. The first-order chi connectivity index (χ1) is 19.9. The van der Waals surface area contributed by atoms with E-state index in [0.717, 1.165) is 12.1 Å². The number of carbonyl (C=O) groups excluding carboxylic acids is 4. The van der Waals surface area contributed by atoms with E-state index < -0.39 is 104 Å². The minimum absolute atomic E-state index is 0.0209. The summed E-state index contributed by atoms with van der Waals surface area (Å²) in [6.45, 7) is 0. The summed E-state index contributed by atoms with van der Waals surface area (Å²) in [6, 6.07) is 4.67. The van der Waals surface area contributed by atoms with E-state index >= 15 is 0 Å². The van der Waals surface area contributed by atoms with Crippen molar-refractivity contribution in [1.29, 1.82) is 0 Å². The predicted octanol–water partition coefficient (Wildman–Crippen LogP) is 1.10. The molecule has 8 rings (SSSR count). The molecule has 12 nitrogen and oxygen atoms in total. The number of fused-ring (bicyclic) bond motifs is 4. The lowest BCUT2D eigenvalue weighted by Crippen LogP contribution is -2.65. The highest BCUT2D eigenvalue weighted by Gasteiger charge is 2.89. The number of carbonyl (C=O) groups is 4. The Balaban J connectivity index is 1.52. The molecule has 0 unspecified atom stereocenters. The number of ether oxygens (including phenoxy) is 2. The van der Waals surface area contributed by atoms with Crippen LogP contribution >= 0.6 is 0 Å². The van der Waals surface area contributed by atoms with Crippen LogP contribution in [0.2, 0.25) is 0 Å². The molecule has 214 valence electrons. The molecule has 2 spiro atoms. The van der Waals surface area contributed by atoms with E-state index in [4.69, 9.17) is 9.47 Å². The first-order valence-corrected chi connectivity index (χ1v) is 13.2. The monoisotopic (exact) mass is 574 g/mol. The molecule has 0 heterocycles. The minimum atomic E-state index is -2.33. The molecule has 6 N–H and O–H groups in total. The van der Waals surface area contributed by atoms with Gasteiger partial charge in [0.25, 0.3) is 0 Å². The number of phenolic OH excluding ortho intramolecular Hbond substituents is 2. The second kappa shape index (κ2) is 7.20. The van der Waals surface area contributed by atoms with Gasteiger partial charge in [0.2, 0.25) is 0 Å². The lowest BCUT2D eigenvalue weighted by atomic mass is 9.46. The fourth-order valence-electron chi connectivity index (χ4n) is 9.41. The standard InChI is InChI=1S/C30H22O12/c1-41-7-3-9-13(11(31)5-7)21(33)17-25(37)20-23(35)15-16-24(36)19(29(15,17)27(9)39)26(38)18-22(34)14-10(28(40)30(16,18)20)4-8(42-2)6-12(14)32/h3-6,15-16,19-20,23-24,31-36H,1-2H3/t15-,16+,19-,20+,23+,24-,29+,30-. The smallest absolute Gasteiger partial charge is 0.175 e. The summed E-state index contributed by atoms with van der Waals surface area (Å²) in [5, 5.41) is 68.2. The molecule has 6 aliphatic carbocycles. The molecule has 0 saturated heterocycles. The van der Waals surface area contributed by atoms with E-state index in [0.29, 0.717) is 0 Å². The van der Waals surface area contributed by atoms with Gasteiger partial charge in [-0.3, -0.25) is 19.2 Å². The van der Waals surface area contributed by atoms with Gasteiger partial charge in [-0.05, 0) is 12.1 Å². The van der Waals surface area contributed by atoms with Crippen molar-refractivity contribution in [2.75, 3.05) is 14.2 Å². The van der Waals surface area contributed by atoms with Gasteiger partial charge in [0, 0.05) is 35.1 Å². The molecule has 12 heteroatoms. The first-order valence-electron chi connectivity index (χ1n) is 13.2. The van der Waals surface area contributed by atoms with Crippen LogP contribution in [0.3, 0.4) is 0 Å². The molecule has 4 bridgehead atoms. The maximum Gasteiger partial charge on any atom is 0.175 e. The molecular formula is C30H22O12. The zero-order chi connectivity index (χ0) is 29.9. The zero-order valence-corrected chi connectivity index (χ0v) is 21.9. The van der Waals surface area contributed by atoms with E-state index in [9.17, 15) is 49.8 Å². The molecule has 4 fully saturated rings. The van der Waals surface area contributed by atoms with Crippen molar-refractivity contribution < 1.29 is 59.3 Å². The number of hydrogen-bond acceptors (Lipinski definition) is 12. The van der Waals surface area contributed by atoms with Gasteiger partial charge in [0.15, 0.2) is 23.1 Å². The minimum Gasteiger partial charge on any atom is -0.507 e. The van der Waals surface area contributed by atoms with Crippen LogP contribution in [-0.4, -0.2) is 80.2 Å². The number of aromatic hydroxyl groups is 2. The van der Waals surface area contributed by atoms with Crippen LogP contribution in [0.4, 0.5) is 0 Å². The molecule has 6 aliphatic rings. The zero-order valence-electron chi connectivity index (χ0n) is 21.9. The summed E-state index contributed by atoms with van der Waals surface area (Å²) in [6.07, 6.45) is -3.49. The van der Waals surface area contributed by atoms with Gasteiger partial charge in [-0.15, -0.1) is 0 Å². The van der Waals surface area contributed by atoms with Crippen molar-refractivity contribution in [1.82, 2.24) is 0 Å². The topological polar surface area (TPSA) is 208 Å². The van der Waals surface area contributed by atoms with Crippen molar-refractivity contribution in [3.63, 3.8) is 0 Å². The van der Waals surface area contributed by atoms with Crippen LogP contribution in [0.1, 0.15) is 31.8 Å². The second-order valence-corrected chi connectivity index (χ2v) is 11.7. The molecular weight excluding hydrogens is 552 g/mol. The maximum absolute atomic E-state index is 14.6. The Bertz CT molecular complexity index is 1720. The Labute approximate surface area is 235 Å². The SMILES string of the molecule is COc1cc(O)c2c(c1)C(=O)[C@@]13C(=C2O)C(=O)[C@H]2[C@H](O)[C@@H]1[C@@H]1[C@H](O)[C@H]3C(=O)C3=C(O)c4c(O)cc(OC)cc4C(=O)[C@]312. The first kappa shape index (κ1) is 25.1. The van der Waals surface area contributed by atoms with Gasteiger partial charge in [-0.2, -0.15) is 0 Å². The van der Waals surface area contributed by atoms with Crippen LogP contribution in [-0.2, 0) is 9.59 Å². The molecule has 0 radical (unpaired) electrons. The lowest BCUT2D eigenvalue weighted by Gasteiger charge is -2.53. The summed E-state index contributed by atoms with van der Waals surface area (Å²) >= 11 is 0. The number of aliphatic hydroxyl groups excluding tert-OH is 4. The van der Waals surface area contributed by atoms with Gasteiger partial charge < -0.3 is 40.1 Å². The van der Waals surface area contributed by atoms with E-state index in [2.05, 4.69) is 0 Å². The van der Waals surface area contributed by atoms with E-state index in [1.54, 1.807) is 0 Å². The fraction of sp³-hybridized carbons (Fsp3) is 0.333. The third-order valence-corrected chi connectivity index (χ3v) is 10.6. The molecule has 2 aromatic rings. The third kappa shape index (κ3) is 2.14. The average molecular weight is 574 g/mol. The largest absolute Gasteiger partial charge is 0.507 e. The van der Waals surface area contributed by atoms with Crippen LogP contribution in [0.5, 0.6) is 23.0 Å². The molecule has 0 aliphatic heterocycles. The number of benzene rings is 2. The van der Waals surface area contributed by atoms with Gasteiger partial charge in [0.1, 0.15) is 34.5 Å². The normalized spacial score (nSPS) is 36.7. The number of phenols is 2. The van der Waals surface area contributed by atoms with E-state index in [-0.39, 0.29) is 33.8 Å². The number of allylic oxidation sites excluding steroid dienone is 2. The van der Waals surface area contributed by atoms with Crippen molar-refractivity contribution in [3.8, 4) is 23.0 Å². The highest BCUT2D eigenvalue weighted by atomic mass is 16.5. The number of hydrogen-bond donors (Lipinski definition) is 6. The summed E-state index contributed by atoms with van der Waals surface area (Å²) in [7, 11) is 2.55. The number of Topliss-reactive ketones (excluding diaryl/α,β-unsaturated/α-hetero) is 4. The Morgan fingerprint density at radius 1 is 0.619 bits per heavy atom. The summed E-state index contributed by atoms with van der Waals surface area (Å²) in [5.74, 6) is -13.1. The molecule has 8 atom stereocenters. The van der Waals surface area contributed by atoms with Crippen LogP contribution in [0, 0.1) is 34.5 Å². The van der Waals surface area contributed by atoms with E-state index in [1.165, 1.54) is 26.4 Å². The highest BCUT2D eigenvalue weighted by molar-refractivity contribution is 6.30. The lowest BCUT2D eigenvalue weighted by molar-refractivity contribution is -0.142. The van der Waals surface area contributed by atoms with E-state index in [1.807, 2.05) is 0 Å². The Hall–Kier alpha value is -4.68. The number of methoxy groups -OCH3 is 2. The van der Waals surface area contributed by atoms with Crippen molar-refractivity contribution in [2.45, 2.75) is 12.2 Å². The second-order valence-electron chi connectivity index (χ2n) is 11.7. The predicted molar refractivity (Wildman–Crippen MR) is 138 cm³/mol. The molecule has 4 saturated carbocycles. The molecule has 42 heavy (non-hydrogen) atoms. The van der Waals surface area contributed by atoms with Crippen LogP contribution in [0.15, 0.2) is 35.4 Å². The van der Waals surface area contributed by atoms with Crippen molar-refractivity contribution in [3.05, 3.63) is 57.7 Å². The Morgan fingerprint density at radius 2 is 0.976 bits per heavy atom. The summed E-state index contributed by atoms with van der Waals surface area (Å²) < 4.78 is 10.3. The van der Waals surface area contributed by atoms with Gasteiger partial charge in [-0.1, -0.05) is 0 Å².